The zero-order valence-corrected chi connectivity index (χ0v) is 13.2. The number of amides is 1. The van der Waals surface area contributed by atoms with Gasteiger partial charge in [0.05, 0.1) is 17.4 Å². The van der Waals surface area contributed by atoms with Crippen LogP contribution in [-0.4, -0.2) is 30.3 Å². The normalized spacial score (nSPS) is 14.4. The van der Waals surface area contributed by atoms with E-state index in [1.807, 2.05) is 0 Å². The van der Waals surface area contributed by atoms with E-state index in [-0.39, 0.29) is 11.7 Å². The van der Waals surface area contributed by atoms with Crippen molar-refractivity contribution in [1.82, 2.24) is 4.98 Å². The second-order valence-corrected chi connectivity index (χ2v) is 5.65. The van der Waals surface area contributed by atoms with Crippen LogP contribution in [0.15, 0.2) is 42.7 Å². The molecule has 1 aromatic carbocycles. The third-order valence-electron chi connectivity index (χ3n) is 3.80. The SMILES string of the molecule is O=C(Nc1ccc(OC(F)(F)F)cc1)c1cncc(N2CCCC2)c1. The lowest BCUT2D eigenvalue weighted by atomic mass is 10.2. The van der Waals surface area contributed by atoms with Crippen molar-refractivity contribution in [2.45, 2.75) is 19.2 Å². The van der Waals surface area contributed by atoms with Crippen molar-refractivity contribution in [3.8, 4) is 5.75 Å². The predicted octanol–water partition coefficient (Wildman–Crippen LogP) is 3.83. The summed E-state index contributed by atoms with van der Waals surface area (Å²) in [6, 6.07) is 6.73. The Balaban J connectivity index is 1.66. The highest BCUT2D eigenvalue weighted by Crippen LogP contribution is 2.24. The summed E-state index contributed by atoms with van der Waals surface area (Å²) in [6.07, 6.45) is 0.652. The number of halogens is 3. The van der Waals surface area contributed by atoms with Gasteiger partial charge in [-0.2, -0.15) is 0 Å². The average Bonchev–Trinajstić information content (AvgIpc) is 3.10. The molecule has 0 spiro atoms. The molecule has 1 aromatic heterocycles. The number of benzene rings is 1. The van der Waals surface area contributed by atoms with Crippen molar-refractivity contribution in [2.24, 2.45) is 0 Å². The summed E-state index contributed by atoms with van der Waals surface area (Å²) >= 11 is 0. The van der Waals surface area contributed by atoms with Crippen molar-refractivity contribution in [3.63, 3.8) is 0 Å². The van der Waals surface area contributed by atoms with Crippen LogP contribution in [0.1, 0.15) is 23.2 Å². The Morgan fingerprint density at radius 3 is 2.44 bits per heavy atom. The van der Waals surface area contributed by atoms with Crippen LogP contribution in [0, 0.1) is 0 Å². The summed E-state index contributed by atoms with van der Waals surface area (Å²) in [5.74, 6) is -0.721. The molecule has 0 radical (unpaired) electrons. The average molecular weight is 351 g/mol. The second-order valence-electron chi connectivity index (χ2n) is 5.65. The van der Waals surface area contributed by atoms with Gasteiger partial charge in [-0.15, -0.1) is 13.2 Å². The minimum atomic E-state index is -4.74. The molecular formula is C17H16F3N3O2. The number of aromatic nitrogens is 1. The molecule has 3 rings (SSSR count). The van der Waals surface area contributed by atoms with Gasteiger partial charge in [-0.3, -0.25) is 9.78 Å². The van der Waals surface area contributed by atoms with Crippen molar-refractivity contribution in [1.29, 1.82) is 0 Å². The lowest BCUT2D eigenvalue weighted by Crippen LogP contribution is -2.19. The number of pyridine rings is 1. The first-order chi connectivity index (χ1) is 11.9. The standard InChI is InChI=1S/C17H16F3N3O2/c18-17(19,20)25-15-5-3-13(4-6-15)22-16(24)12-9-14(11-21-10-12)23-7-1-2-8-23/h3-6,9-11H,1-2,7-8H2,(H,22,24). The van der Waals surface area contributed by atoms with Gasteiger partial charge >= 0.3 is 6.36 Å². The summed E-state index contributed by atoms with van der Waals surface area (Å²) < 4.78 is 40.2. The number of hydrogen-bond acceptors (Lipinski definition) is 4. The topological polar surface area (TPSA) is 54.5 Å². The lowest BCUT2D eigenvalue weighted by molar-refractivity contribution is -0.274. The van der Waals surface area contributed by atoms with Crippen molar-refractivity contribution >= 4 is 17.3 Å². The number of carbonyl (C=O) groups is 1. The highest BCUT2D eigenvalue weighted by atomic mass is 19.4. The summed E-state index contributed by atoms with van der Waals surface area (Å²) in [7, 11) is 0. The fourth-order valence-electron chi connectivity index (χ4n) is 2.64. The predicted molar refractivity (Wildman–Crippen MR) is 86.8 cm³/mol. The molecule has 2 heterocycles. The molecule has 1 saturated heterocycles. The Morgan fingerprint density at radius 1 is 1.12 bits per heavy atom. The van der Waals surface area contributed by atoms with E-state index in [4.69, 9.17) is 0 Å². The minimum absolute atomic E-state index is 0.344. The fraction of sp³-hybridized carbons (Fsp3) is 0.294. The number of hydrogen-bond donors (Lipinski definition) is 1. The summed E-state index contributed by atoms with van der Waals surface area (Å²) in [4.78, 5) is 18.6. The Labute approximate surface area is 142 Å². The molecule has 2 aromatic rings. The number of rotatable bonds is 4. The van der Waals surface area contributed by atoms with Crippen molar-refractivity contribution in [3.05, 3.63) is 48.3 Å². The van der Waals surface area contributed by atoms with Gasteiger partial charge in [0, 0.05) is 25.0 Å². The fourth-order valence-corrected chi connectivity index (χ4v) is 2.64. The van der Waals surface area contributed by atoms with Gasteiger partial charge < -0.3 is 15.0 Å². The van der Waals surface area contributed by atoms with Crippen LogP contribution in [0.4, 0.5) is 24.5 Å². The largest absolute Gasteiger partial charge is 0.573 e. The van der Waals surface area contributed by atoms with E-state index < -0.39 is 6.36 Å². The van der Waals surface area contributed by atoms with E-state index in [9.17, 15) is 18.0 Å². The van der Waals surface area contributed by atoms with E-state index in [1.54, 1.807) is 12.3 Å². The monoisotopic (exact) mass is 351 g/mol. The molecule has 1 N–H and O–H groups in total. The Bertz CT molecular complexity index is 742. The van der Waals surface area contributed by atoms with E-state index in [0.29, 0.717) is 11.3 Å². The number of nitrogens with zero attached hydrogens (tertiary/aromatic N) is 2. The van der Waals surface area contributed by atoms with E-state index in [2.05, 4.69) is 19.9 Å². The maximum absolute atomic E-state index is 12.3. The molecule has 1 aliphatic heterocycles. The third-order valence-corrected chi connectivity index (χ3v) is 3.80. The van der Waals surface area contributed by atoms with Crippen LogP contribution in [0.25, 0.3) is 0 Å². The Morgan fingerprint density at radius 2 is 1.80 bits per heavy atom. The summed E-state index contributed by atoms with van der Waals surface area (Å²) in [5, 5.41) is 2.63. The lowest BCUT2D eigenvalue weighted by Gasteiger charge is -2.17. The third kappa shape index (κ3) is 4.62. The van der Waals surface area contributed by atoms with Gasteiger partial charge in [0.2, 0.25) is 0 Å². The molecule has 0 unspecified atom stereocenters. The first-order valence-corrected chi connectivity index (χ1v) is 7.78. The van der Waals surface area contributed by atoms with Gasteiger partial charge in [0.15, 0.2) is 0 Å². The van der Waals surface area contributed by atoms with Gasteiger partial charge in [-0.25, -0.2) is 0 Å². The van der Waals surface area contributed by atoms with Crippen LogP contribution < -0.4 is 15.0 Å². The van der Waals surface area contributed by atoms with Gasteiger partial charge in [0.1, 0.15) is 5.75 Å². The highest BCUT2D eigenvalue weighted by molar-refractivity contribution is 6.04. The van der Waals surface area contributed by atoms with Gasteiger partial charge in [-0.1, -0.05) is 0 Å². The number of nitrogens with one attached hydrogen (secondary N) is 1. The number of ether oxygens (including phenoxy) is 1. The van der Waals surface area contributed by atoms with Crippen LogP contribution in [0.2, 0.25) is 0 Å². The van der Waals surface area contributed by atoms with Crippen LogP contribution >= 0.6 is 0 Å². The van der Waals surface area contributed by atoms with Crippen LogP contribution in [0.5, 0.6) is 5.75 Å². The molecule has 1 amide bonds. The first kappa shape index (κ1) is 17.1. The maximum atomic E-state index is 12.3. The molecule has 5 nitrogen and oxygen atoms in total. The summed E-state index contributed by atoms with van der Waals surface area (Å²) in [5.41, 5.74) is 1.64. The number of alkyl halides is 3. The molecule has 0 saturated carbocycles. The molecular weight excluding hydrogens is 335 g/mol. The Hall–Kier alpha value is -2.77. The quantitative estimate of drug-likeness (QED) is 0.910. The maximum Gasteiger partial charge on any atom is 0.573 e. The van der Waals surface area contributed by atoms with E-state index in [1.165, 1.54) is 18.3 Å². The molecule has 25 heavy (non-hydrogen) atoms. The molecule has 0 atom stereocenters. The van der Waals surface area contributed by atoms with Gasteiger partial charge in [0.25, 0.3) is 5.91 Å². The highest BCUT2D eigenvalue weighted by Gasteiger charge is 2.31. The van der Waals surface area contributed by atoms with Crippen molar-refractivity contribution in [2.75, 3.05) is 23.3 Å². The number of carbonyl (C=O) groups excluding carboxylic acids is 1. The van der Waals surface area contributed by atoms with E-state index in [0.717, 1.165) is 43.8 Å². The van der Waals surface area contributed by atoms with Crippen LogP contribution in [-0.2, 0) is 0 Å². The molecule has 132 valence electrons. The second kappa shape index (κ2) is 7.00. The Kier molecular flexibility index (Phi) is 4.78. The van der Waals surface area contributed by atoms with Crippen molar-refractivity contribution < 1.29 is 22.7 Å². The molecule has 0 aliphatic carbocycles. The van der Waals surface area contributed by atoms with E-state index >= 15 is 0 Å². The zero-order valence-electron chi connectivity index (χ0n) is 13.2. The number of anilines is 2. The smallest absolute Gasteiger partial charge is 0.406 e. The molecule has 1 fully saturated rings. The minimum Gasteiger partial charge on any atom is -0.406 e. The first-order valence-electron chi connectivity index (χ1n) is 7.78. The van der Waals surface area contributed by atoms with Gasteiger partial charge in [-0.05, 0) is 43.2 Å². The summed E-state index contributed by atoms with van der Waals surface area (Å²) in [6.45, 7) is 1.88. The van der Waals surface area contributed by atoms with Crippen LogP contribution in [0.3, 0.4) is 0 Å². The molecule has 1 aliphatic rings. The molecule has 8 heteroatoms. The molecule has 0 bridgehead atoms. The zero-order chi connectivity index (χ0) is 17.9.